The van der Waals surface area contributed by atoms with Gasteiger partial charge in [-0.25, -0.2) is 0 Å². The van der Waals surface area contributed by atoms with Crippen molar-refractivity contribution in [2.75, 3.05) is 33.4 Å². The van der Waals surface area contributed by atoms with Crippen LogP contribution in [0.1, 0.15) is 117 Å². The zero-order valence-electron chi connectivity index (χ0n) is 33.5. The van der Waals surface area contributed by atoms with Crippen LogP contribution in [0.2, 0.25) is 0 Å². The molecule has 1 saturated heterocycles. The Morgan fingerprint density at radius 2 is 1.55 bits per heavy atom. The molecule has 2 aliphatic carbocycles. The summed E-state index contributed by atoms with van der Waals surface area (Å²) in [6.07, 6.45) is 12.6. The van der Waals surface area contributed by atoms with Gasteiger partial charge in [-0.1, -0.05) is 25.0 Å². The molecule has 4 aliphatic rings. The summed E-state index contributed by atoms with van der Waals surface area (Å²) in [6.45, 7) is 4.52. The molecule has 8 N–H and O–H groups in total. The Bertz CT molecular complexity index is 1510. The summed E-state index contributed by atoms with van der Waals surface area (Å²) in [6, 6.07) is -3.75. The highest BCUT2D eigenvalue weighted by molar-refractivity contribution is 5.98. The third-order valence-corrected chi connectivity index (χ3v) is 11.5. The van der Waals surface area contributed by atoms with Gasteiger partial charge in [-0.05, 0) is 94.8 Å². The summed E-state index contributed by atoms with van der Waals surface area (Å²) in [5, 5.41) is 11.1. The van der Waals surface area contributed by atoms with Crippen LogP contribution < -0.4 is 32.7 Å². The number of hydrogen-bond acceptors (Lipinski definition) is 9. The summed E-state index contributed by atoms with van der Waals surface area (Å²) in [5.41, 5.74) is 12.7. The number of amides is 7. The molecular weight excluding hydrogens is 720 g/mol. The second-order valence-corrected chi connectivity index (χ2v) is 16.6. The van der Waals surface area contributed by atoms with Gasteiger partial charge in [0.2, 0.25) is 41.4 Å². The van der Waals surface area contributed by atoms with E-state index < -0.39 is 65.5 Å². The molecule has 0 bridgehead atoms. The molecule has 4 rings (SSSR count). The van der Waals surface area contributed by atoms with Crippen molar-refractivity contribution in [3.63, 3.8) is 0 Å². The van der Waals surface area contributed by atoms with Gasteiger partial charge in [0.15, 0.2) is 0 Å². The van der Waals surface area contributed by atoms with Crippen LogP contribution in [0.25, 0.3) is 0 Å². The summed E-state index contributed by atoms with van der Waals surface area (Å²) in [7, 11) is 1.39. The Balaban J connectivity index is 1.44. The highest BCUT2D eigenvalue weighted by atomic mass is 16.5. The van der Waals surface area contributed by atoms with Crippen molar-refractivity contribution in [2.45, 2.75) is 140 Å². The Hall–Kier alpha value is -4.34. The molecule has 2 unspecified atom stereocenters. The second-order valence-electron chi connectivity index (χ2n) is 16.6. The van der Waals surface area contributed by atoms with E-state index in [1.807, 2.05) is 13.8 Å². The van der Waals surface area contributed by atoms with Crippen LogP contribution in [-0.4, -0.2) is 109 Å². The number of allylic oxidation sites excluding steroid dienone is 2. The number of nitrogens with zero attached hydrogens (tertiary/aromatic N) is 2. The number of hydrogen-bond donors (Lipinski definition) is 6. The number of primary amides is 2. The van der Waals surface area contributed by atoms with E-state index in [0.717, 1.165) is 49.8 Å². The van der Waals surface area contributed by atoms with Gasteiger partial charge in [0.05, 0.1) is 13.0 Å². The van der Waals surface area contributed by atoms with Crippen LogP contribution in [0.15, 0.2) is 16.1 Å². The van der Waals surface area contributed by atoms with Crippen LogP contribution in [0.3, 0.4) is 0 Å². The molecular formula is C40H64N8O8. The molecule has 2 aliphatic heterocycles. The van der Waals surface area contributed by atoms with Crippen molar-refractivity contribution in [2.24, 2.45) is 34.2 Å². The topological polar surface area (TPSA) is 244 Å². The lowest BCUT2D eigenvalue weighted by atomic mass is 9.76. The lowest BCUT2D eigenvalue weighted by Gasteiger charge is -2.38. The number of ether oxygens (including phenoxy) is 1. The highest BCUT2D eigenvalue weighted by Crippen LogP contribution is 2.39. The van der Waals surface area contributed by atoms with Gasteiger partial charge >= 0.3 is 0 Å². The van der Waals surface area contributed by atoms with Crippen LogP contribution in [0.5, 0.6) is 0 Å². The quantitative estimate of drug-likeness (QED) is 0.104. The number of nitrogens with one attached hydrogen (secondary N) is 4. The van der Waals surface area contributed by atoms with Gasteiger partial charge < -0.3 is 42.4 Å². The number of rotatable bonds is 19. The van der Waals surface area contributed by atoms with Crippen molar-refractivity contribution in [3.8, 4) is 0 Å². The minimum Gasteiger partial charge on any atom is -0.381 e. The molecule has 0 spiro atoms. The molecule has 0 aromatic heterocycles. The molecule has 16 nitrogen and oxygen atoms in total. The maximum Gasteiger partial charge on any atom is 0.246 e. The van der Waals surface area contributed by atoms with Crippen molar-refractivity contribution < 1.29 is 38.3 Å². The molecule has 1 fully saturated rings. The predicted molar refractivity (Wildman–Crippen MR) is 210 cm³/mol. The molecule has 0 radical (unpaired) electrons. The van der Waals surface area contributed by atoms with Gasteiger partial charge in [-0.2, -0.15) is 0 Å². The number of likely N-dealkylation sites (N-methyl/N-ethyl adjacent to an activating group) is 1. The largest absolute Gasteiger partial charge is 0.381 e. The van der Waals surface area contributed by atoms with Gasteiger partial charge in [0.1, 0.15) is 23.7 Å². The molecule has 0 aromatic rings. The van der Waals surface area contributed by atoms with Crippen molar-refractivity contribution in [1.29, 1.82) is 0 Å². The van der Waals surface area contributed by atoms with E-state index in [1.54, 1.807) is 17.4 Å². The first-order valence-electron chi connectivity index (χ1n) is 20.5. The lowest BCUT2D eigenvalue weighted by molar-refractivity contribution is -0.141. The monoisotopic (exact) mass is 784 g/mol. The van der Waals surface area contributed by atoms with Crippen LogP contribution in [-0.2, 0) is 38.3 Å². The molecule has 2 heterocycles. The Morgan fingerprint density at radius 1 is 0.875 bits per heavy atom. The molecule has 0 saturated carbocycles. The Kier molecular flexibility index (Phi) is 16.8. The highest BCUT2D eigenvalue weighted by Gasteiger charge is 2.43. The Labute approximate surface area is 330 Å². The number of nitrogens with two attached hydrogens (primary N) is 2. The molecule has 0 aromatic carbocycles. The Morgan fingerprint density at radius 3 is 2.20 bits per heavy atom. The molecule has 312 valence electrons. The first kappa shape index (κ1) is 44.4. The van der Waals surface area contributed by atoms with Gasteiger partial charge in [0, 0.05) is 52.3 Å². The van der Waals surface area contributed by atoms with Crippen LogP contribution >= 0.6 is 0 Å². The fourth-order valence-corrected chi connectivity index (χ4v) is 8.43. The fraction of sp³-hybridized carbons (Fsp3) is 0.750. The van der Waals surface area contributed by atoms with Gasteiger partial charge in [-0.15, -0.1) is 0 Å². The van der Waals surface area contributed by atoms with E-state index in [1.165, 1.54) is 26.3 Å². The predicted octanol–water partition coefficient (Wildman–Crippen LogP) is 1.29. The summed E-state index contributed by atoms with van der Waals surface area (Å²) >= 11 is 0. The van der Waals surface area contributed by atoms with Crippen LogP contribution in [0.4, 0.5) is 0 Å². The maximum atomic E-state index is 14.2. The summed E-state index contributed by atoms with van der Waals surface area (Å²) in [4.78, 5) is 97.9. The SMILES string of the molecule is CC(C)C[C@H](NC(=O)C1(NC(=O)CCC2CCC3=C(CCCC3)C2)CCOCC1)C(=O)N[C@@H](CC(N)=O)C(=O)N[C@@H](CC1C=NCCC1)C(=O)N(C)CC(N)=O. The van der Waals surface area contributed by atoms with E-state index in [0.29, 0.717) is 18.9 Å². The van der Waals surface area contributed by atoms with Crippen molar-refractivity contribution >= 4 is 47.6 Å². The van der Waals surface area contributed by atoms with Gasteiger partial charge in [0.25, 0.3) is 0 Å². The van der Waals surface area contributed by atoms with E-state index in [-0.39, 0.29) is 63.2 Å². The number of carbonyl (C=O) groups is 7. The normalized spacial score (nSPS) is 22.1. The smallest absolute Gasteiger partial charge is 0.246 e. The molecule has 56 heavy (non-hydrogen) atoms. The summed E-state index contributed by atoms with van der Waals surface area (Å²) in [5.74, 6) is -4.30. The standard InChI is InChI=1S/C40H64N8O8/c1-25(2)19-30(46-39(55)40(14-17-56-18-15-40)47-35(51)13-11-26-10-12-28-8-4-5-9-29(28)20-26)36(52)44-31(22-33(41)49)37(53)45-32(21-27-7-6-16-43-23-27)38(54)48(3)24-34(42)50/h23,25-27,30-32H,4-22,24H2,1-3H3,(H2,41,49)(H2,42,50)(H,44,52)(H,45,53)(H,46,55)(H,47,51)/t26?,27?,30-,31-,32-/m0/s1. The first-order valence-corrected chi connectivity index (χ1v) is 20.5. The zero-order chi connectivity index (χ0) is 40.8. The fourth-order valence-electron chi connectivity index (χ4n) is 8.43. The molecule has 16 heteroatoms. The van der Waals surface area contributed by atoms with E-state index in [4.69, 9.17) is 16.2 Å². The van der Waals surface area contributed by atoms with E-state index in [2.05, 4.69) is 26.3 Å². The minimum absolute atomic E-state index is 0.0788. The van der Waals surface area contributed by atoms with E-state index >= 15 is 0 Å². The second kappa shape index (κ2) is 21.3. The first-order chi connectivity index (χ1) is 26.7. The molecule has 7 amide bonds. The lowest BCUT2D eigenvalue weighted by Crippen LogP contribution is -2.64. The third-order valence-electron chi connectivity index (χ3n) is 11.5. The molecule has 5 atom stereocenters. The zero-order valence-corrected chi connectivity index (χ0v) is 33.5. The van der Waals surface area contributed by atoms with Crippen molar-refractivity contribution in [3.05, 3.63) is 11.1 Å². The number of aliphatic imine (C=N–C) groups is 1. The van der Waals surface area contributed by atoms with Crippen molar-refractivity contribution in [1.82, 2.24) is 26.2 Å². The minimum atomic E-state index is -1.49. The average molecular weight is 785 g/mol. The summed E-state index contributed by atoms with van der Waals surface area (Å²) < 4.78 is 5.56. The van der Waals surface area contributed by atoms with E-state index in [9.17, 15) is 33.6 Å². The number of carbonyl (C=O) groups excluding carboxylic acids is 7. The maximum absolute atomic E-state index is 14.2. The average Bonchev–Trinajstić information content (AvgIpc) is 3.16. The third kappa shape index (κ3) is 13.4. The van der Waals surface area contributed by atoms with Gasteiger partial charge in [-0.3, -0.25) is 38.6 Å². The van der Waals surface area contributed by atoms with Crippen LogP contribution in [0, 0.1) is 17.8 Å².